The van der Waals surface area contributed by atoms with Gasteiger partial charge < -0.3 is 4.74 Å². The van der Waals surface area contributed by atoms with Crippen molar-refractivity contribution in [3.63, 3.8) is 0 Å². The standard InChI is InChI=1S/C29H22F3N2O4P/c30-29(31,32)26-8-4-7-25-27(26)33-34(17-20-5-2-1-3-6-20)28(25)23-13-15-24(16-14-23)37-18-21-9-11-22(12-10-21)19-38-39(35)36/h1-16H,17-19H2/p+1. The second kappa shape index (κ2) is 11.4. The molecule has 1 N–H and O–H groups in total. The molecule has 0 aliphatic heterocycles. The first-order valence-electron chi connectivity index (χ1n) is 12.0. The fourth-order valence-electron chi connectivity index (χ4n) is 4.29. The summed E-state index contributed by atoms with van der Waals surface area (Å²) in [6.07, 6.45) is -4.52. The van der Waals surface area contributed by atoms with Crippen LogP contribution in [-0.4, -0.2) is 14.7 Å². The van der Waals surface area contributed by atoms with Crippen LogP contribution >= 0.6 is 8.25 Å². The van der Waals surface area contributed by atoms with Crippen LogP contribution in [0.5, 0.6) is 5.75 Å². The number of rotatable bonds is 9. The SMILES string of the molecule is O=[P+](O)OCc1ccc(COc2ccc(-c3c4cccc(C(F)(F)F)c4nn3Cc3ccccc3)cc2)cc1. The number of hydrogen-bond acceptors (Lipinski definition) is 4. The predicted molar refractivity (Wildman–Crippen MR) is 141 cm³/mol. The maximum Gasteiger partial charge on any atom is 0.695 e. The fourth-order valence-corrected chi connectivity index (χ4v) is 4.55. The first kappa shape index (κ1) is 26.6. The first-order chi connectivity index (χ1) is 18.8. The minimum Gasteiger partial charge on any atom is -0.489 e. The van der Waals surface area contributed by atoms with Gasteiger partial charge in [-0.15, -0.1) is 9.42 Å². The molecule has 0 aliphatic rings. The molecule has 0 spiro atoms. The molecule has 5 aromatic rings. The van der Waals surface area contributed by atoms with Gasteiger partial charge in [0, 0.05) is 15.5 Å². The van der Waals surface area contributed by atoms with Crippen molar-refractivity contribution >= 4 is 19.2 Å². The van der Waals surface area contributed by atoms with E-state index in [0.717, 1.165) is 22.8 Å². The third-order valence-corrected chi connectivity index (χ3v) is 6.50. The molecule has 1 atom stereocenters. The molecule has 1 aromatic heterocycles. The molecular weight excluding hydrogens is 528 g/mol. The minimum absolute atomic E-state index is 0.0360. The number of hydrogen-bond donors (Lipinski definition) is 1. The zero-order valence-electron chi connectivity index (χ0n) is 20.5. The zero-order valence-corrected chi connectivity index (χ0v) is 21.4. The van der Waals surface area contributed by atoms with Gasteiger partial charge in [-0.2, -0.15) is 18.3 Å². The van der Waals surface area contributed by atoms with Gasteiger partial charge in [-0.05, 0) is 47.0 Å². The van der Waals surface area contributed by atoms with Crippen LogP contribution in [0, 0.1) is 0 Å². The van der Waals surface area contributed by atoms with Crippen molar-refractivity contribution in [2.75, 3.05) is 0 Å². The second-order valence-electron chi connectivity index (χ2n) is 8.83. The highest BCUT2D eigenvalue weighted by Gasteiger charge is 2.34. The topological polar surface area (TPSA) is 73.6 Å². The Morgan fingerprint density at radius 3 is 2.10 bits per heavy atom. The van der Waals surface area contributed by atoms with Crippen molar-refractivity contribution in [2.24, 2.45) is 0 Å². The average Bonchev–Trinajstić information content (AvgIpc) is 3.29. The van der Waals surface area contributed by atoms with Crippen molar-refractivity contribution in [3.05, 3.63) is 119 Å². The summed E-state index contributed by atoms with van der Waals surface area (Å²) in [6.45, 7) is 0.642. The van der Waals surface area contributed by atoms with E-state index in [0.29, 0.717) is 35.5 Å². The number of aromatic nitrogens is 2. The summed E-state index contributed by atoms with van der Waals surface area (Å²) in [7, 11) is -2.65. The van der Waals surface area contributed by atoms with Gasteiger partial charge in [-0.1, -0.05) is 66.7 Å². The van der Waals surface area contributed by atoms with Gasteiger partial charge in [0.25, 0.3) is 0 Å². The summed E-state index contributed by atoms with van der Waals surface area (Å²) in [5.74, 6) is 0.595. The van der Waals surface area contributed by atoms with Crippen LogP contribution < -0.4 is 4.74 Å². The number of benzene rings is 4. The van der Waals surface area contributed by atoms with E-state index < -0.39 is 20.0 Å². The lowest BCUT2D eigenvalue weighted by Crippen LogP contribution is -2.06. The molecule has 4 aromatic carbocycles. The highest BCUT2D eigenvalue weighted by Crippen LogP contribution is 2.38. The Balaban J connectivity index is 1.40. The number of fused-ring (bicyclic) bond motifs is 1. The molecule has 1 unspecified atom stereocenters. The van der Waals surface area contributed by atoms with Crippen LogP contribution in [-0.2, 0) is 35.0 Å². The van der Waals surface area contributed by atoms with E-state index in [1.807, 2.05) is 54.6 Å². The van der Waals surface area contributed by atoms with E-state index in [1.165, 1.54) is 6.07 Å². The van der Waals surface area contributed by atoms with E-state index in [9.17, 15) is 17.7 Å². The first-order valence-corrected chi connectivity index (χ1v) is 13.1. The maximum absolute atomic E-state index is 13.8. The van der Waals surface area contributed by atoms with Crippen LogP contribution in [0.15, 0.2) is 97.1 Å². The Labute approximate surface area is 223 Å². The Morgan fingerprint density at radius 1 is 0.795 bits per heavy atom. The van der Waals surface area contributed by atoms with Crippen LogP contribution in [0.3, 0.4) is 0 Å². The molecule has 10 heteroatoms. The summed E-state index contributed by atoms with van der Waals surface area (Å²) in [5.41, 5.74) is 3.02. The molecule has 0 saturated carbocycles. The van der Waals surface area contributed by atoms with Gasteiger partial charge >= 0.3 is 14.4 Å². The van der Waals surface area contributed by atoms with E-state index in [-0.39, 0.29) is 12.1 Å². The molecule has 198 valence electrons. The van der Waals surface area contributed by atoms with Crippen LogP contribution in [0.4, 0.5) is 13.2 Å². The summed E-state index contributed by atoms with van der Waals surface area (Å²) < 4.78 is 64.2. The number of halogens is 3. The highest BCUT2D eigenvalue weighted by molar-refractivity contribution is 7.32. The van der Waals surface area contributed by atoms with Crippen molar-refractivity contribution in [2.45, 2.75) is 25.9 Å². The maximum atomic E-state index is 13.8. The molecule has 6 nitrogen and oxygen atoms in total. The molecule has 1 heterocycles. The third-order valence-electron chi connectivity index (χ3n) is 6.15. The van der Waals surface area contributed by atoms with Crippen molar-refractivity contribution in [3.8, 4) is 17.0 Å². The average molecular weight is 551 g/mol. The predicted octanol–water partition coefficient (Wildman–Crippen LogP) is 7.52. The van der Waals surface area contributed by atoms with Gasteiger partial charge in [0.05, 0.1) is 17.8 Å². The van der Waals surface area contributed by atoms with Gasteiger partial charge in [0.15, 0.2) is 0 Å². The number of nitrogens with zero attached hydrogens (tertiary/aromatic N) is 2. The van der Waals surface area contributed by atoms with Crippen molar-refractivity contribution in [1.29, 1.82) is 0 Å². The third kappa shape index (κ3) is 6.34. The molecule has 0 amide bonds. The Bertz CT molecular complexity index is 1590. The van der Waals surface area contributed by atoms with Gasteiger partial charge in [-0.25, -0.2) is 0 Å². The van der Waals surface area contributed by atoms with E-state index in [1.54, 1.807) is 35.0 Å². The summed E-state index contributed by atoms with van der Waals surface area (Å²) >= 11 is 0. The normalized spacial score (nSPS) is 12.1. The minimum atomic E-state index is -4.52. The summed E-state index contributed by atoms with van der Waals surface area (Å²) in [6, 6.07) is 28.0. The molecule has 0 saturated heterocycles. The number of ether oxygens (including phenoxy) is 1. The zero-order chi connectivity index (χ0) is 27.4. The molecule has 39 heavy (non-hydrogen) atoms. The molecule has 0 radical (unpaired) electrons. The van der Waals surface area contributed by atoms with Crippen LogP contribution in [0.2, 0.25) is 0 Å². The molecular formula is C29H23F3N2O4P+. The van der Waals surface area contributed by atoms with Gasteiger partial charge in [0.1, 0.15) is 24.5 Å². The lowest BCUT2D eigenvalue weighted by molar-refractivity contribution is -0.136. The van der Waals surface area contributed by atoms with E-state index in [2.05, 4.69) is 5.10 Å². The fraction of sp³-hybridized carbons (Fsp3) is 0.138. The number of alkyl halides is 3. The Kier molecular flexibility index (Phi) is 7.74. The Hall–Kier alpha value is -4.04. The molecule has 5 rings (SSSR count). The highest BCUT2D eigenvalue weighted by atomic mass is 31.1. The van der Waals surface area contributed by atoms with Gasteiger partial charge in [-0.3, -0.25) is 4.68 Å². The monoisotopic (exact) mass is 551 g/mol. The molecule has 0 fully saturated rings. The van der Waals surface area contributed by atoms with E-state index in [4.69, 9.17) is 14.2 Å². The molecule has 0 aliphatic carbocycles. The van der Waals surface area contributed by atoms with Crippen LogP contribution in [0.25, 0.3) is 22.2 Å². The molecule has 0 bridgehead atoms. The summed E-state index contributed by atoms with van der Waals surface area (Å²) in [4.78, 5) is 8.75. The van der Waals surface area contributed by atoms with Crippen molar-refractivity contribution in [1.82, 2.24) is 9.78 Å². The largest absolute Gasteiger partial charge is 0.695 e. The van der Waals surface area contributed by atoms with Gasteiger partial charge in [0.2, 0.25) is 0 Å². The lowest BCUT2D eigenvalue weighted by atomic mass is 10.0. The second-order valence-corrected chi connectivity index (χ2v) is 9.57. The summed E-state index contributed by atoms with van der Waals surface area (Å²) in [5, 5.41) is 4.83. The van der Waals surface area contributed by atoms with Crippen LogP contribution in [0.1, 0.15) is 22.3 Å². The van der Waals surface area contributed by atoms with E-state index >= 15 is 0 Å². The van der Waals surface area contributed by atoms with Crippen molar-refractivity contribution < 1.29 is 31.9 Å². The Morgan fingerprint density at radius 2 is 1.46 bits per heavy atom. The lowest BCUT2D eigenvalue weighted by Gasteiger charge is -2.11. The smallest absolute Gasteiger partial charge is 0.489 e. The quantitative estimate of drug-likeness (QED) is 0.192.